The van der Waals surface area contributed by atoms with Gasteiger partial charge in [-0.15, -0.1) is 0 Å². The van der Waals surface area contributed by atoms with Gasteiger partial charge in [0.15, 0.2) is 5.75 Å². The Labute approximate surface area is 149 Å². The van der Waals surface area contributed by atoms with E-state index < -0.39 is 0 Å². The highest BCUT2D eigenvalue weighted by Crippen LogP contribution is 2.31. The molecule has 1 aromatic heterocycles. The Hall–Kier alpha value is -2.30. The van der Waals surface area contributed by atoms with Crippen molar-refractivity contribution in [1.82, 2.24) is 9.78 Å². The van der Waals surface area contributed by atoms with Gasteiger partial charge in [0.2, 0.25) is 0 Å². The summed E-state index contributed by atoms with van der Waals surface area (Å²) < 4.78 is 7.03. The zero-order chi connectivity index (χ0) is 16.9. The van der Waals surface area contributed by atoms with Gasteiger partial charge in [-0.2, -0.15) is 5.10 Å². The lowest BCUT2D eigenvalue weighted by Crippen LogP contribution is -2.09. The van der Waals surface area contributed by atoms with E-state index >= 15 is 0 Å². The summed E-state index contributed by atoms with van der Waals surface area (Å²) in [5.41, 5.74) is 1.92. The van der Waals surface area contributed by atoms with Crippen LogP contribution in [0.1, 0.15) is 12.0 Å². The molecule has 0 bridgehead atoms. The molecule has 3 rings (SSSR count). The van der Waals surface area contributed by atoms with Crippen molar-refractivity contribution in [3.05, 3.63) is 76.5 Å². The predicted octanol–water partition coefficient (Wildman–Crippen LogP) is 4.72. The number of rotatable bonds is 5. The number of esters is 1. The molecule has 3 aromatic rings. The van der Waals surface area contributed by atoms with E-state index in [2.05, 4.69) is 5.10 Å². The second-order valence-electron chi connectivity index (χ2n) is 5.15. The summed E-state index contributed by atoms with van der Waals surface area (Å²) in [6.07, 6.45) is 4.40. The molecule has 0 aliphatic rings. The number of hydrogen-bond acceptors (Lipinski definition) is 3. The number of benzene rings is 2. The van der Waals surface area contributed by atoms with Gasteiger partial charge in [0, 0.05) is 6.20 Å². The van der Waals surface area contributed by atoms with Gasteiger partial charge in [0.25, 0.3) is 0 Å². The summed E-state index contributed by atoms with van der Waals surface area (Å²) in [6.45, 7) is 0. The smallest absolute Gasteiger partial charge is 0.311 e. The molecule has 1 heterocycles. The number of carbonyl (C=O) groups excluding carboxylic acids is 1. The lowest BCUT2D eigenvalue weighted by atomic mass is 10.2. The van der Waals surface area contributed by atoms with E-state index in [4.69, 9.17) is 27.9 Å². The maximum Gasteiger partial charge on any atom is 0.311 e. The summed E-state index contributed by atoms with van der Waals surface area (Å²) in [5.74, 6) is -0.0965. The molecule has 0 spiro atoms. The van der Waals surface area contributed by atoms with Crippen LogP contribution in [0.5, 0.6) is 5.75 Å². The molecule has 0 saturated heterocycles. The lowest BCUT2D eigenvalue weighted by molar-refractivity contribution is -0.134. The number of hydrogen-bond donors (Lipinski definition) is 0. The largest absolute Gasteiger partial charge is 0.425 e. The van der Waals surface area contributed by atoms with E-state index in [0.29, 0.717) is 11.4 Å². The van der Waals surface area contributed by atoms with Crippen LogP contribution in [-0.2, 0) is 11.2 Å². The number of para-hydroxylation sites is 1. The molecule has 0 aliphatic heterocycles. The van der Waals surface area contributed by atoms with Crippen molar-refractivity contribution in [2.45, 2.75) is 12.8 Å². The molecular weight excluding hydrogens is 347 g/mol. The molecule has 4 nitrogen and oxygen atoms in total. The highest BCUT2D eigenvalue weighted by atomic mass is 35.5. The Balaban J connectivity index is 1.59. The zero-order valence-corrected chi connectivity index (χ0v) is 14.2. The first-order chi connectivity index (χ1) is 11.6. The molecule has 24 heavy (non-hydrogen) atoms. The van der Waals surface area contributed by atoms with E-state index in [0.717, 1.165) is 11.3 Å². The van der Waals surface area contributed by atoms with Gasteiger partial charge < -0.3 is 4.74 Å². The maximum atomic E-state index is 12.0. The SMILES string of the molecule is O=C(CCc1cnn(-c2ccccc2)c1)Oc1cccc(Cl)c1Cl. The fraction of sp³-hybridized carbons (Fsp3) is 0.111. The highest BCUT2D eigenvalue weighted by molar-refractivity contribution is 6.43. The number of aromatic nitrogens is 2. The van der Waals surface area contributed by atoms with E-state index in [1.54, 1.807) is 29.1 Å². The lowest BCUT2D eigenvalue weighted by Gasteiger charge is -2.06. The minimum atomic E-state index is -0.369. The van der Waals surface area contributed by atoms with Gasteiger partial charge in [0.05, 0.1) is 23.3 Å². The molecule has 0 radical (unpaired) electrons. The Kier molecular flexibility index (Phi) is 5.18. The summed E-state index contributed by atoms with van der Waals surface area (Å²) in [7, 11) is 0. The number of nitrogens with zero attached hydrogens (tertiary/aromatic N) is 2. The molecule has 0 aliphatic carbocycles. The minimum Gasteiger partial charge on any atom is -0.425 e. The summed E-state index contributed by atoms with van der Waals surface area (Å²) in [4.78, 5) is 12.0. The van der Waals surface area contributed by atoms with E-state index in [1.165, 1.54) is 0 Å². The van der Waals surface area contributed by atoms with Gasteiger partial charge in [-0.25, -0.2) is 4.68 Å². The Morgan fingerprint density at radius 1 is 1.08 bits per heavy atom. The van der Waals surface area contributed by atoms with E-state index in [9.17, 15) is 4.79 Å². The van der Waals surface area contributed by atoms with Crippen molar-refractivity contribution in [3.8, 4) is 11.4 Å². The number of ether oxygens (including phenoxy) is 1. The van der Waals surface area contributed by atoms with Crippen molar-refractivity contribution in [2.24, 2.45) is 0 Å². The second kappa shape index (κ2) is 7.51. The minimum absolute atomic E-state index is 0.226. The van der Waals surface area contributed by atoms with E-state index in [-0.39, 0.29) is 23.2 Å². The van der Waals surface area contributed by atoms with Gasteiger partial charge in [-0.05, 0) is 36.2 Å². The van der Waals surface area contributed by atoms with Crippen LogP contribution in [0, 0.1) is 0 Å². The molecule has 0 N–H and O–H groups in total. The quantitative estimate of drug-likeness (QED) is 0.488. The summed E-state index contributed by atoms with van der Waals surface area (Å²) in [6, 6.07) is 14.7. The van der Waals surface area contributed by atoms with Crippen molar-refractivity contribution < 1.29 is 9.53 Å². The second-order valence-corrected chi connectivity index (χ2v) is 5.94. The first kappa shape index (κ1) is 16.6. The highest BCUT2D eigenvalue weighted by Gasteiger charge is 2.11. The van der Waals surface area contributed by atoms with Gasteiger partial charge in [0.1, 0.15) is 5.02 Å². The zero-order valence-electron chi connectivity index (χ0n) is 12.7. The number of halogens is 2. The average Bonchev–Trinajstić information content (AvgIpc) is 3.07. The monoisotopic (exact) mass is 360 g/mol. The standard InChI is InChI=1S/C18H14Cl2N2O2/c19-15-7-4-8-16(18(15)20)24-17(23)10-9-13-11-21-22(12-13)14-5-2-1-3-6-14/h1-8,11-12H,9-10H2. The molecule has 0 fully saturated rings. The maximum absolute atomic E-state index is 12.0. The van der Waals surface area contributed by atoms with Crippen LogP contribution in [-0.4, -0.2) is 15.7 Å². The number of aryl methyl sites for hydroxylation is 1. The fourth-order valence-corrected chi connectivity index (χ4v) is 2.52. The molecular formula is C18H14Cl2N2O2. The molecule has 0 saturated carbocycles. The molecule has 0 atom stereocenters. The topological polar surface area (TPSA) is 44.1 Å². The summed E-state index contributed by atoms with van der Waals surface area (Å²) >= 11 is 11.9. The number of carbonyl (C=O) groups is 1. The predicted molar refractivity (Wildman–Crippen MR) is 94.0 cm³/mol. The van der Waals surface area contributed by atoms with Crippen molar-refractivity contribution in [1.29, 1.82) is 0 Å². The molecule has 122 valence electrons. The Morgan fingerprint density at radius 2 is 1.88 bits per heavy atom. The average molecular weight is 361 g/mol. The molecule has 6 heteroatoms. The fourth-order valence-electron chi connectivity index (χ4n) is 2.19. The van der Waals surface area contributed by atoms with Crippen LogP contribution in [0.15, 0.2) is 60.9 Å². The Bertz CT molecular complexity index is 847. The first-order valence-corrected chi connectivity index (χ1v) is 8.13. The van der Waals surface area contributed by atoms with Crippen LogP contribution in [0.4, 0.5) is 0 Å². The third-order valence-electron chi connectivity index (χ3n) is 3.41. The van der Waals surface area contributed by atoms with Crippen molar-refractivity contribution in [3.63, 3.8) is 0 Å². The van der Waals surface area contributed by atoms with Crippen LogP contribution in [0.2, 0.25) is 10.0 Å². The Morgan fingerprint density at radius 3 is 2.67 bits per heavy atom. The van der Waals surface area contributed by atoms with Crippen LogP contribution >= 0.6 is 23.2 Å². The third-order valence-corrected chi connectivity index (χ3v) is 4.22. The molecule has 0 unspecified atom stereocenters. The molecule has 0 amide bonds. The molecule has 2 aromatic carbocycles. The normalized spacial score (nSPS) is 10.6. The van der Waals surface area contributed by atoms with E-state index in [1.807, 2.05) is 36.5 Å². The van der Waals surface area contributed by atoms with Crippen LogP contribution < -0.4 is 4.74 Å². The van der Waals surface area contributed by atoms with Gasteiger partial charge in [-0.3, -0.25) is 4.79 Å². The van der Waals surface area contributed by atoms with Gasteiger partial charge in [-0.1, -0.05) is 47.5 Å². The van der Waals surface area contributed by atoms with Crippen LogP contribution in [0.3, 0.4) is 0 Å². The van der Waals surface area contributed by atoms with Crippen molar-refractivity contribution >= 4 is 29.2 Å². The third kappa shape index (κ3) is 3.96. The summed E-state index contributed by atoms with van der Waals surface area (Å²) in [5, 5.41) is 4.89. The first-order valence-electron chi connectivity index (χ1n) is 7.37. The van der Waals surface area contributed by atoms with Crippen molar-refractivity contribution in [2.75, 3.05) is 0 Å². The van der Waals surface area contributed by atoms with Gasteiger partial charge >= 0.3 is 5.97 Å². The van der Waals surface area contributed by atoms with Crippen LogP contribution in [0.25, 0.3) is 5.69 Å².